The van der Waals surface area contributed by atoms with Crippen molar-refractivity contribution < 1.29 is 14.3 Å². The molecular weight excluding hydrogens is 318 g/mol. The van der Waals surface area contributed by atoms with E-state index in [0.717, 1.165) is 5.69 Å². The van der Waals surface area contributed by atoms with Crippen LogP contribution in [0.2, 0.25) is 0 Å². The maximum absolute atomic E-state index is 12.2. The first-order valence-corrected chi connectivity index (χ1v) is 7.71. The quantitative estimate of drug-likeness (QED) is 0.761. The fourth-order valence-electron chi connectivity index (χ4n) is 2.12. The maximum Gasteiger partial charge on any atom is 0.269 e. The van der Waals surface area contributed by atoms with Crippen molar-refractivity contribution in [3.8, 4) is 5.75 Å². The van der Waals surface area contributed by atoms with E-state index in [2.05, 4.69) is 17.4 Å². The first kappa shape index (κ1) is 18.1. The number of carbonyl (C=O) groups excluding carboxylic acids is 2. The fraction of sp³-hybridized carbons (Fsp3) is 0.158. The maximum atomic E-state index is 12.2. The number of amides is 2. The average molecular weight is 339 g/mol. The molecule has 0 unspecified atom stereocenters. The molecule has 2 amide bonds. The fourth-order valence-corrected chi connectivity index (χ4v) is 2.12. The van der Waals surface area contributed by atoms with Crippen LogP contribution in [0.25, 0.3) is 0 Å². The van der Waals surface area contributed by atoms with E-state index in [0.29, 0.717) is 17.0 Å². The van der Waals surface area contributed by atoms with Gasteiger partial charge in [0.1, 0.15) is 5.75 Å². The van der Waals surface area contributed by atoms with Gasteiger partial charge in [0.05, 0.1) is 13.5 Å². The number of methoxy groups -OCH3 is 1. The summed E-state index contributed by atoms with van der Waals surface area (Å²) >= 11 is 0. The Morgan fingerprint density at radius 2 is 1.80 bits per heavy atom. The lowest BCUT2D eigenvalue weighted by Gasteiger charge is -2.18. The molecule has 0 atom stereocenters. The zero-order chi connectivity index (χ0) is 18.2. The molecule has 0 aliphatic heterocycles. The van der Waals surface area contributed by atoms with Crippen LogP contribution < -0.4 is 20.5 Å². The van der Waals surface area contributed by atoms with Gasteiger partial charge in [-0.25, -0.2) is 0 Å². The molecule has 0 fully saturated rings. The number of rotatable bonds is 7. The number of hydrazine groups is 1. The molecule has 0 aliphatic rings. The standard InChI is InChI=1S/C19H21N3O3/c1-14(12-18(23)22(2)16-9-5-4-6-10-16)20-21-19(24)15-8-7-11-17(13-15)25-3/h4-11,13,20H,1,12H2,2-3H3,(H,21,24). The number of nitrogens with one attached hydrogen (secondary N) is 2. The lowest BCUT2D eigenvalue weighted by molar-refractivity contribution is -0.117. The predicted molar refractivity (Wildman–Crippen MR) is 97.2 cm³/mol. The highest BCUT2D eigenvalue weighted by Gasteiger charge is 2.13. The minimum atomic E-state index is -0.344. The molecule has 0 saturated heterocycles. The van der Waals surface area contributed by atoms with Gasteiger partial charge in [-0.3, -0.25) is 15.0 Å². The second-order valence-corrected chi connectivity index (χ2v) is 5.38. The minimum absolute atomic E-state index is 0.0593. The van der Waals surface area contributed by atoms with Crippen molar-refractivity contribution in [2.45, 2.75) is 6.42 Å². The average Bonchev–Trinajstić information content (AvgIpc) is 2.66. The minimum Gasteiger partial charge on any atom is -0.497 e. The van der Waals surface area contributed by atoms with Gasteiger partial charge < -0.3 is 15.1 Å². The molecule has 2 aromatic rings. The van der Waals surface area contributed by atoms with Gasteiger partial charge in [-0.1, -0.05) is 30.8 Å². The van der Waals surface area contributed by atoms with Crippen LogP contribution in [0.3, 0.4) is 0 Å². The largest absolute Gasteiger partial charge is 0.497 e. The molecule has 25 heavy (non-hydrogen) atoms. The van der Waals surface area contributed by atoms with Gasteiger partial charge in [0.25, 0.3) is 5.91 Å². The molecule has 6 nitrogen and oxygen atoms in total. The number of para-hydroxylation sites is 1. The lowest BCUT2D eigenvalue weighted by Crippen LogP contribution is -2.38. The van der Waals surface area contributed by atoms with Gasteiger partial charge in [0.2, 0.25) is 5.91 Å². The third-order valence-electron chi connectivity index (χ3n) is 3.57. The summed E-state index contributed by atoms with van der Waals surface area (Å²) < 4.78 is 5.08. The molecule has 0 aliphatic carbocycles. The Bertz CT molecular complexity index is 760. The van der Waals surface area contributed by atoms with Gasteiger partial charge in [-0.2, -0.15) is 0 Å². The summed E-state index contributed by atoms with van der Waals surface area (Å²) in [6, 6.07) is 16.1. The molecule has 0 spiro atoms. The smallest absolute Gasteiger partial charge is 0.269 e. The van der Waals surface area contributed by atoms with Gasteiger partial charge >= 0.3 is 0 Å². The summed E-state index contributed by atoms with van der Waals surface area (Å²) in [5.74, 6) is 0.106. The van der Waals surface area contributed by atoms with Gasteiger partial charge in [-0.05, 0) is 30.3 Å². The number of carbonyl (C=O) groups is 2. The second kappa shape index (κ2) is 8.54. The highest BCUT2D eigenvalue weighted by atomic mass is 16.5. The molecule has 2 rings (SSSR count). The molecular formula is C19H21N3O3. The SMILES string of the molecule is C=C(CC(=O)N(C)c1ccccc1)NNC(=O)c1cccc(OC)c1. The summed E-state index contributed by atoms with van der Waals surface area (Å²) in [6.45, 7) is 3.77. The summed E-state index contributed by atoms with van der Waals surface area (Å²) in [5, 5.41) is 0. The van der Waals surface area contributed by atoms with Crippen LogP contribution >= 0.6 is 0 Å². The van der Waals surface area contributed by atoms with Crippen LogP contribution in [-0.4, -0.2) is 26.0 Å². The van der Waals surface area contributed by atoms with Crippen LogP contribution in [0.4, 0.5) is 5.69 Å². The first-order chi connectivity index (χ1) is 12.0. The number of benzene rings is 2. The van der Waals surface area contributed by atoms with E-state index < -0.39 is 0 Å². The molecule has 0 heterocycles. The molecule has 2 aromatic carbocycles. The number of hydrogen-bond acceptors (Lipinski definition) is 4. The summed E-state index contributed by atoms with van der Waals surface area (Å²) in [4.78, 5) is 25.9. The van der Waals surface area contributed by atoms with Crippen molar-refractivity contribution in [1.82, 2.24) is 10.9 Å². The summed E-state index contributed by atoms with van der Waals surface area (Å²) in [7, 11) is 3.23. The van der Waals surface area contributed by atoms with Crippen molar-refractivity contribution in [3.05, 3.63) is 72.4 Å². The predicted octanol–water partition coefficient (Wildman–Crippen LogP) is 2.50. The Hall–Kier alpha value is -3.28. The third kappa shape index (κ3) is 5.10. The summed E-state index contributed by atoms with van der Waals surface area (Å²) in [5.41, 5.74) is 6.81. The highest BCUT2D eigenvalue weighted by molar-refractivity contribution is 5.95. The van der Waals surface area contributed by atoms with Gasteiger partial charge in [-0.15, -0.1) is 0 Å². The van der Waals surface area contributed by atoms with Crippen LogP contribution in [0.15, 0.2) is 66.9 Å². The van der Waals surface area contributed by atoms with Crippen molar-refractivity contribution in [3.63, 3.8) is 0 Å². The Labute approximate surface area is 147 Å². The molecule has 0 saturated carbocycles. The Morgan fingerprint density at radius 3 is 2.48 bits per heavy atom. The van der Waals surface area contributed by atoms with Crippen molar-refractivity contribution in [2.75, 3.05) is 19.1 Å². The molecule has 6 heteroatoms. The van der Waals surface area contributed by atoms with Crippen LogP contribution in [0.1, 0.15) is 16.8 Å². The molecule has 0 radical (unpaired) electrons. The van der Waals surface area contributed by atoms with Crippen molar-refractivity contribution in [2.24, 2.45) is 0 Å². The van der Waals surface area contributed by atoms with Crippen LogP contribution in [-0.2, 0) is 4.79 Å². The lowest BCUT2D eigenvalue weighted by atomic mass is 10.2. The van der Waals surface area contributed by atoms with Gasteiger partial charge in [0, 0.05) is 24.0 Å². The Kier molecular flexibility index (Phi) is 6.17. The third-order valence-corrected chi connectivity index (χ3v) is 3.57. The molecule has 130 valence electrons. The van der Waals surface area contributed by atoms with E-state index in [9.17, 15) is 9.59 Å². The van der Waals surface area contributed by atoms with E-state index in [1.807, 2.05) is 30.3 Å². The normalized spacial score (nSPS) is 9.84. The van der Waals surface area contributed by atoms with Crippen molar-refractivity contribution >= 4 is 17.5 Å². The van der Waals surface area contributed by atoms with Gasteiger partial charge in [0.15, 0.2) is 0 Å². The first-order valence-electron chi connectivity index (χ1n) is 7.71. The van der Waals surface area contributed by atoms with E-state index in [-0.39, 0.29) is 18.2 Å². The molecule has 0 aromatic heterocycles. The summed E-state index contributed by atoms with van der Waals surface area (Å²) in [6.07, 6.45) is 0.0593. The zero-order valence-electron chi connectivity index (χ0n) is 14.3. The number of hydrogen-bond donors (Lipinski definition) is 2. The van der Waals surface area contributed by atoms with Crippen molar-refractivity contribution in [1.29, 1.82) is 0 Å². The molecule has 0 bridgehead atoms. The van der Waals surface area contributed by atoms with E-state index >= 15 is 0 Å². The number of anilines is 1. The van der Waals surface area contributed by atoms with E-state index in [1.165, 1.54) is 12.0 Å². The Morgan fingerprint density at radius 1 is 1.08 bits per heavy atom. The monoisotopic (exact) mass is 339 g/mol. The van der Waals surface area contributed by atoms with Crippen LogP contribution in [0.5, 0.6) is 5.75 Å². The second-order valence-electron chi connectivity index (χ2n) is 5.38. The number of ether oxygens (including phenoxy) is 1. The zero-order valence-corrected chi connectivity index (χ0v) is 14.3. The van der Waals surface area contributed by atoms with Crippen LogP contribution in [0, 0.1) is 0 Å². The van der Waals surface area contributed by atoms with E-state index in [4.69, 9.17) is 4.74 Å². The van der Waals surface area contributed by atoms with E-state index in [1.54, 1.807) is 31.3 Å². The highest BCUT2D eigenvalue weighted by Crippen LogP contribution is 2.14. The topological polar surface area (TPSA) is 70.7 Å². The number of nitrogens with zero attached hydrogens (tertiary/aromatic N) is 1. The Balaban J connectivity index is 1.85. The molecule has 2 N–H and O–H groups in total.